The van der Waals surface area contributed by atoms with Gasteiger partial charge in [0, 0.05) is 0 Å². The van der Waals surface area contributed by atoms with Crippen LogP contribution in [0.5, 0.6) is 0 Å². The summed E-state index contributed by atoms with van der Waals surface area (Å²) in [6.45, 7) is 2.39. The third-order valence-electron chi connectivity index (χ3n) is 3.88. The molecular formula is C19H16Cl2N4O2. The normalized spacial score (nSPS) is 11.1. The molecule has 0 aliphatic heterocycles. The van der Waals surface area contributed by atoms with Crippen molar-refractivity contribution in [1.29, 1.82) is 0 Å². The highest BCUT2D eigenvalue weighted by molar-refractivity contribution is 6.33. The van der Waals surface area contributed by atoms with Crippen LogP contribution in [0.2, 0.25) is 10.2 Å². The predicted molar refractivity (Wildman–Crippen MR) is 107 cm³/mol. The van der Waals surface area contributed by atoms with E-state index in [1.165, 1.54) is 24.4 Å². The zero-order valence-corrected chi connectivity index (χ0v) is 15.9. The number of hydrogen-bond donors (Lipinski definition) is 2. The van der Waals surface area contributed by atoms with E-state index < -0.39 is 5.97 Å². The number of carboxylic acids is 1. The van der Waals surface area contributed by atoms with Crippen LogP contribution in [0, 0.1) is 6.92 Å². The molecule has 0 aliphatic rings. The van der Waals surface area contributed by atoms with Gasteiger partial charge in [0.2, 0.25) is 0 Å². The number of hydrogen-bond acceptors (Lipinski definition) is 4. The number of aromatic carboxylic acids is 1. The summed E-state index contributed by atoms with van der Waals surface area (Å²) in [6, 6.07) is 14.2. The van der Waals surface area contributed by atoms with E-state index in [0.717, 1.165) is 11.3 Å². The molecule has 8 heteroatoms. The van der Waals surface area contributed by atoms with Gasteiger partial charge in [-0.15, -0.1) is 0 Å². The van der Waals surface area contributed by atoms with Gasteiger partial charge in [0.05, 0.1) is 40.3 Å². The van der Waals surface area contributed by atoms with Crippen LogP contribution in [0.1, 0.15) is 27.2 Å². The average molecular weight is 403 g/mol. The summed E-state index contributed by atoms with van der Waals surface area (Å²) in [5.74, 6) is -1.04. The molecule has 0 aliphatic carbocycles. The van der Waals surface area contributed by atoms with Gasteiger partial charge in [0.15, 0.2) is 0 Å². The van der Waals surface area contributed by atoms with Crippen molar-refractivity contribution < 1.29 is 9.90 Å². The van der Waals surface area contributed by atoms with E-state index in [0.29, 0.717) is 28.0 Å². The van der Waals surface area contributed by atoms with Crippen LogP contribution >= 0.6 is 23.2 Å². The van der Waals surface area contributed by atoms with Crippen molar-refractivity contribution in [3.8, 4) is 0 Å². The average Bonchev–Trinajstić information content (AvgIpc) is 2.91. The molecule has 0 radical (unpaired) electrons. The summed E-state index contributed by atoms with van der Waals surface area (Å²) in [4.78, 5) is 11.1. The van der Waals surface area contributed by atoms with Crippen LogP contribution in [-0.2, 0) is 6.54 Å². The molecule has 0 spiro atoms. The number of hydrazone groups is 1. The van der Waals surface area contributed by atoms with Crippen LogP contribution < -0.4 is 5.43 Å². The van der Waals surface area contributed by atoms with Gasteiger partial charge in [0.1, 0.15) is 5.15 Å². The van der Waals surface area contributed by atoms with Gasteiger partial charge in [-0.1, -0.05) is 53.5 Å². The number of halogens is 2. The third kappa shape index (κ3) is 4.48. The van der Waals surface area contributed by atoms with E-state index in [1.807, 2.05) is 37.3 Å². The molecule has 0 bridgehead atoms. The molecule has 2 aromatic carbocycles. The fourth-order valence-corrected chi connectivity index (χ4v) is 2.93. The molecule has 0 amide bonds. The Morgan fingerprint density at radius 3 is 2.70 bits per heavy atom. The minimum absolute atomic E-state index is 0.113. The Hall–Kier alpha value is -2.83. The zero-order valence-electron chi connectivity index (χ0n) is 14.4. The molecule has 6 nitrogen and oxygen atoms in total. The summed E-state index contributed by atoms with van der Waals surface area (Å²) in [7, 11) is 0. The maximum Gasteiger partial charge on any atom is 0.335 e. The monoisotopic (exact) mass is 402 g/mol. The zero-order chi connectivity index (χ0) is 19.4. The van der Waals surface area contributed by atoms with Crippen molar-refractivity contribution >= 4 is 41.1 Å². The molecule has 0 saturated carbocycles. The van der Waals surface area contributed by atoms with E-state index in [4.69, 9.17) is 28.3 Å². The van der Waals surface area contributed by atoms with E-state index in [1.54, 1.807) is 4.68 Å². The van der Waals surface area contributed by atoms with Crippen molar-refractivity contribution in [1.82, 2.24) is 9.78 Å². The fourth-order valence-electron chi connectivity index (χ4n) is 2.49. The molecule has 27 heavy (non-hydrogen) atoms. The van der Waals surface area contributed by atoms with E-state index in [2.05, 4.69) is 15.6 Å². The second kappa shape index (κ2) is 8.24. The lowest BCUT2D eigenvalue weighted by molar-refractivity contribution is 0.0697. The summed E-state index contributed by atoms with van der Waals surface area (Å²) in [5.41, 5.74) is 5.73. The summed E-state index contributed by atoms with van der Waals surface area (Å²) >= 11 is 12.5. The second-order valence-corrected chi connectivity index (χ2v) is 6.57. The third-order valence-corrected chi connectivity index (χ3v) is 4.60. The number of aromatic nitrogens is 2. The quantitative estimate of drug-likeness (QED) is 0.462. The molecule has 1 heterocycles. The van der Waals surface area contributed by atoms with Crippen molar-refractivity contribution in [3.05, 3.63) is 81.1 Å². The SMILES string of the molecule is Cc1nn(Cc2ccccc2)c(Cl)c1/C=N\Nc1cc(C(=O)O)ccc1Cl. The standard InChI is InChI=1S/C19H16Cl2N4O2/c1-12-15(18(21)25(24-12)11-13-5-3-2-4-6-13)10-22-23-17-9-14(19(26)27)7-8-16(17)20/h2-10,23H,11H2,1H3,(H,26,27)/b22-10-. The Balaban J connectivity index is 1.78. The number of rotatable bonds is 6. The van der Waals surface area contributed by atoms with Gasteiger partial charge in [-0.2, -0.15) is 10.2 Å². The first-order valence-electron chi connectivity index (χ1n) is 8.04. The molecule has 2 N–H and O–H groups in total. The predicted octanol–water partition coefficient (Wildman–Crippen LogP) is 4.69. The second-order valence-electron chi connectivity index (χ2n) is 5.80. The van der Waals surface area contributed by atoms with Crippen LogP contribution in [-0.4, -0.2) is 27.1 Å². The van der Waals surface area contributed by atoms with Crippen molar-refractivity contribution in [3.63, 3.8) is 0 Å². The number of carbonyl (C=O) groups is 1. The molecule has 138 valence electrons. The van der Waals surface area contributed by atoms with Crippen LogP contribution in [0.3, 0.4) is 0 Å². The topological polar surface area (TPSA) is 79.5 Å². The van der Waals surface area contributed by atoms with Gasteiger partial charge in [-0.05, 0) is 30.7 Å². The molecule has 1 aromatic heterocycles. The summed E-state index contributed by atoms with van der Waals surface area (Å²) < 4.78 is 1.70. The number of aryl methyl sites for hydroxylation is 1. The fraction of sp³-hybridized carbons (Fsp3) is 0.105. The Labute approximate surface area is 166 Å². The van der Waals surface area contributed by atoms with Gasteiger partial charge >= 0.3 is 5.97 Å². The van der Waals surface area contributed by atoms with Crippen molar-refractivity contribution in [2.75, 3.05) is 5.43 Å². The molecule has 0 saturated heterocycles. The lowest BCUT2D eigenvalue weighted by Gasteiger charge is -2.04. The number of carboxylic acid groups (broad SMARTS) is 1. The van der Waals surface area contributed by atoms with E-state index >= 15 is 0 Å². The van der Waals surface area contributed by atoms with Gasteiger partial charge in [0.25, 0.3) is 0 Å². The van der Waals surface area contributed by atoms with Crippen LogP contribution in [0.15, 0.2) is 53.6 Å². The molecular weight excluding hydrogens is 387 g/mol. The maximum absolute atomic E-state index is 11.1. The molecule has 0 unspecified atom stereocenters. The highest BCUT2D eigenvalue weighted by atomic mass is 35.5. The number of benzene rings is 2. The lowest BCUT2D eigenvalue weighted by atomic mass is 10.2. The molecule has 0 fully saturated rings. The van der Waals surface area contributed by atoms with Gasteiger partial charge in [-0.3, -0.25) is 5.43 Å². The number of nitrogens with one attached hydrogen (secondary N) is 1. The van der Waals surface area contributed by atoms with E-state index in [9.17, 15) is 4.79 Å². The Bertz CT molecular complexity index is 1000. The Morgan fingerprint density at radius 1 is 1.26 bits per heavy atom. The maximum atomic E-state index is 11.1. The first kappa shape index (κ1) is 18.9. The molecule has 0 atom stereocenters. The molecule has 3 rings (SSSR count). The van der Waals surface area contributed by atoms with Gasteiger partial charge < -0.3 is 5.11 Å². The molecule has 3 aromatic rings. The number of anilines is 1. The van der Waals surface area contributed by atoms with Crippen LogP contribution in [0.4, 0.5) is 5.69 Å². The highest BCUT2D eigenvalue weighted by Gasteiger charge is 2.12. The minimum atomic E-state index is -1.04. The first-order valence-corrected chi connectivity index (χ1v) is 8.80. The Kier molecular flexibility index (Phi) is 5.78. The number of nitrogens with zero attached hydrogens (tertiary/aromatic N) is 3. The highest BCUT2D eigenvalue weighted by Crippen LogP contribution is 2.24. The largest absolute Gasteiger partial charge is 0.478 e. The van der Waals surface area contributed by atoms with Crippen molar-refractivity contribution in [2.45, 2.75) is 13.5 Å². The smallest absolute Gasteiger partial charge is 0.335 e. The van der Waals surface area contributed by atoms with E-state index in [-0.39, 0.29) is 5.56 Å². The summed E-state index contributed by atoms with van der Waals surface area (Å²) in [6.07, 6.45) is 1.54. The first-order chi connectivity index (χ1) is 13.0. The minimum Gasteiger partial charge on any atom is -0.478 e. The Morgan fingerprint density at radius 2 is 2.00 bits per heavy atom. The summed E-state index contributed by atoms with van der Waals surface area (Å²) in [5, 5.41) is 18.5. The van der Waals surface area contributed by atoms with Crippen molar-refractivity contribution in [2.24, 2.45) is 5.10 Å². The van der Waals surface area contributed by atoms with Crippen LogP contribution in [0.25, 0.3) is 0 Å². The lowest BCUT2D eigenvalue weighted by Crippen LogP contribution is -2.02. The van der Waals surface area contributed by atoms with Gasteiger partial charge in [-0.25, -0.2) is 9.48 Å².